The Morgan fingerprint density at radius 2 is 1.86 bits per heavy atom. The summed E-state index contributed by atoms with van der Waals surface area (Å²) in [7, 11) is 3.44. The van der Waals surface area contributed by atoms with Crippen molar-refractivity contribution in [2.45, 2.75) is 25.5 Å². The number of hydrogen-bond donors (Lipinski definition) is 1. The standard InChI is InChI=1S/C22H36N2O5/c1-26-16-18-6-8-23(9-7-18)14-19-4-3-5-21(27-2)22(19)29-17-20(25)15-24-10-12-28-13-11-24/h3-5,18,20,25H,6-17H2,1-2H3/t20-/m1/s1. The topological polar surface area (TPSA) is 63.6 Å². The van der Waals surface area contributed by atoms with E-state index < -0.39 is 6.10 Å². The fourth-order valence-electron chi connectivity index (χ4n) is 4.11. The lowest BCUT2D eigenvalue weighted by molar-refractivity contribution is 0.00427. The summed E-state index contributed by atoms with van der Waals surface area (Å²) in [4.78, 5) is 4.67. The zero-order valence-corrected chi connectivity index (χ0v) is 17.8. The van der Waals surface area contributed by atoms with E-state index in [9.17, 15) is 5.11 Å². The lowest BCUT2D eigenvalue weighted by Gasteiger charge is -2.32. The van der Waals surface area contributed by atoms with Gasteiger partial charge < -0.3 is 24.1 Å². The van der Waals surface area contributed by atoms with Crippen molar-refractivity contribution in [3.05, 3.63) is 23.8 Å². The number of likely N-dealkylation sites (tertiary alicyclic amines) is 1. The van der Waals surface area contributed by atoms with Crippen LogP contribution in [0.3, 0.4) is 0 Å². The predicted molar refractivity (Wildman–Crippen MR) is 112 cm³/mol. The third kappa shape index (κ3) is 6.83. The van der Waals surface area contributed by atoms with Gasteiger partial charge in [-0.2, -0.15) is 0 Å². The van der Waals surface area contributed by atoms with Gasteiger partial charge in [-0.05, 0) is 37.9 Å². The molecule has 2 aliphatic heterocycles. The number of para-hydroxylation sites is 1. The highest BCUT2D eigenvalue weighted by Gasteiger charge is 2.22. The van der Waals surface area contributed by atoms with E-state index in [4.69, 9.17) is 18.9 Å². The van der Waals surface area contributed by atoms with E-state index in [1.165, 1.54) is 0 Å². The summed E-state index contributed by atoms with van der Waals surface area (Å²) >= 11 is 0. The number of piperidine rings is 1. The van der Waals surface area contributed by atoms with Crippen LogP contribution in [-0.4, -0.2) is 94.4 Å². The summed E-state index contributed by atoms with van der Waals surface area (Å²) in [6, 6.07) is 6.01. The summed E-state index contributed by atoms with van der Waals surface area (Å²) in [6.45, 7) is 7.81. The largest absolute Gasteiger partial charge is 0.493 e. The molecule has 29 heavy (non-hydrogen) atoms. The normalized spacial score (nSPS) is 20.5. The summed E-state index contributed by atoms with van der Waals surface area (Å²) in [5.74, 6) is 2.12. The minimum atomic E-state index is -0.546. The van der Waals surface area contributed by atoms with Crippen molar-refractivity contribution in [2.75, 3.05) is 73.4 Å². The van der Waals surface area contributed by atoms with Crippen LogP contribution in [0.25, 0.3) is 0 Å². The highest BCUT2D eigenvalue weighted by atomic mass is 16.5. The Hall–Kier alpha value is -1.38. The average molecular weight is 409 g/mol. The van der Waals surface area contributed by atoms with Gasteiger partial charge in [0.05, 0.1) is 20.3 Å². The van der Waals surface area contributed by atoms with Crippen molar-refractivity contribution in [1.29, 1.82) is 0 Å². The van der Waals surface area contributed by atoms with Gasteiger partial charge in [0, 0.05) is 45.5 Å². The van der Waals surface area contributed by atoms with Gasteiger partial charge >= 0.3 is 0 Å². The molecule has 0 radical (unpaired) electrons. The molecule has 0 unspecified atom stereocenters. The Morgan fingerprint density at radius 3 is 2.55 bits per heavy atom. The number of aliphatic hydroxyl groups excluding tert-OH is 1. The number of benzene rings is 1. The average Bonchev–Trinajstić information content (AvgIpc) is 2.75. The lowest BCUT2D eigenvalue weighted by Crippen LogP contribution is -2.42. The molecule has 1 aromatic rings. The molecule has 1 atom stereocenters. The first-order valence-corrected chi connectivity index (χ1v) is 10.7. The summed E-state index contributed by atoms with van der Waals surface area (Å²) in [5.41, 5.74) is 1.10. The third-order valence-corrected chi connectivity index (χ3v) is 5.78. The molecule has 0 saturated carbocycles. The highest BCUT2D eigenvalue weighted by molar-refractivity contribution is 5.46. The molecule has 1 N–H and O–H groups in total. The van der Waals surface area contributed by atoms with E-state index in [0.29, 0.717) is 12.5 Å². The highest BCUT2D eigenvalue weighted by Crippen LogP contribution is 2.33. The second kappa shape index (κ2) is 11.7. The molecule has 7 nitrogen and oxygen atoms in total. The number of methoxy groups -OCH3 is 2. The van der Waals surface area contributed by atoms with Crippen molar-refractivity contribution in [3.8, 4) is 11.5 Å². The van der Waals surface area contributed by atoms with Crippen LogP contribution in [0.4, 0.5) is 0 Å². The summed E-state index contributed by atoms with van der Waals surface area (Å²) < 4.78 is 22.3. The SMILES string of the molecule is COCC1CCN(Cc2cccc(OC)c2OC[C@H](O)CN2CCOCC2)CC1. The molecule has 164 valence electrons. The smallest absolute Gasteiger partial charge is 0.165 e. The second-order valence-corrected chi connectivity index (χ2v) is 8.00. The van der Waals surface area contributed by atoms with Gasteiger partial charge in [-0.1, -0.05) is 12.1 Å². The predicted octanol–water partition coefficient (Wildman–Crippen LogP) is 1.63. The maximum absolute atomic E-state index is 10.4. The fraction of sp³-hybridized carbons (Fsp3) is 0.727. The Balaban J connectivity index is 1.56. The third-order valence-electron chi connectivity index (χ3n) is 5.78. The van der Waals surface area contributed by atoms with Crippen LogP contribution in [0.2, 0.25) is 0 Å². The molecule has 2 heterocycles. The van der Waals surface area contributed by atoms with E-state index in [1.807, 2.05) is 12.1 Å². The molecule has 2 saturated heterocycles. The Labute approximate surface area is 174 Å². The van der Waals surface area contributed by atoms with Crippen molar-refractivity contribution >= 4 is 0 Å². The monoisotopic (exact) mass is 408 g/mol. The van der Waals surface area contributed by atoms with Crippen LogP contribution in [-0.2, 0) is 16.0 Å². The minimum Gasteiger partial charge on any atom is -0.493 e. The summed E-state index contributed by atoms with van der Waals surface area (Å²) in [5, 5.41) is 10.4. The van der Waals surface area contributed by atoms with Crippen LogP contribution in [0.5, 0.6) is 11.5 Å². The first-order chi connectivity index (χ1) is 14.2. The number of rotatable bonds is 10. The minimum absolute atomic E-state index is 0.251. The second-order valence-electron chi connectivity index (χ2n) is 8.00. The van der Waals surface area contributed by atoms with Gasteiger partial charge in [-0.25, -0.2) is 0 Å². The van der Waals surface area contributed by atoms with Crippen molar-refractivity contribution in [3.63, 3.8) is 0 Å². The molecular weight excluding hydrogens is 372 g/mol. The van der Waals surface area contributed by atoms with Crippen molar-refractivity contribution < 1.29 is 24.1 Å². The molecule has 7 heteroatoms. The number of β-amino-alcohol motifs (C(OH)–C–C–N with tert-alkyl or cyclic N) is 1. The van der Waals surface area contributed by atoms with E-state index >= 15 is 0 Å². The molecule has 3 rings (SSSR count). The van der Waals surface area contributed by atoms with Crippen molar-refractivity contribution in [2.24, 2.45) is 5.92 Å². The molecule has 2 aliphatic rings. The fourth-order valence-corrected chi connectivity index (χ4v) is 4.11. The zero-order valence-electron chi connectivity index (χ0n) is 17.8. The number of nitrogens with zero attached hydrogens (tertiary/aromatic N) is 2. The summed E-state index contributed by atoms with van der Waals surface area (Å²) in [6.07, 6.45) is 1.77. The Morgan fingerprint density at radius 1 is 1.10 bits per heavy atom. The van der Waals surface area contributed by atoms with E-state index in [-0.39, 0.29) is 6.61 Å². The Bertz CT molecular complexity index is 601. The van der Waals surface area contributed by atoms with E-state index in [1.54, 1.807) is 14.2 Å². The van der Waals surface area contributed by atoms with Gasteiger partial charge in [0.2, 0.25) is 0 Å². The number of morpholine rings is 1. The molecular formula is C22H36N2O5. The van der Waals surface area contributed by atoms with Crippen LogP contribution in [0.1, 0.15) is 18.4 Å². The van der Waals surface area contributed by atoms with Crippen LogP contribution in [0.15, 0.2) is 18.2 Å². The molecule has 0 spiro atoms. The molecule has 0 amide bonds. The van der Waals surface area contributed by atoms with Crippen molar-refractivity contribution in [1.82, 2.24) is 9.80 Å². The van der Waals surface area contributed by atoms with Crippen LogP contribution in [0, 0.1) is 5.92 Å². The van der Waals surface area contributed by atoms with E-state index in [0.717, 1.165) is 82.4 Å². The number of aliphatic hydroxyl groups is 1. The van der Waals surface area contributed by atoms with Gasteiger partial charge in [-0.3, -0.25) is 9.80 Å². The molecule has 0 aliphatic carbocycles. The van der Waals surface area contributed by atoms with Gasteiger partial charge in [0.25, 0.3) is 0 Å². The number of hydrogen-bond acceptors (Lipinski definition) is 7. The molecule has 2 fully saturated rings. The lowest BCUT2D eigenvalue weighted by atomic mass is 9.97. The molecule has 0 bridgehead atoms. The van der Waals surface area contributed by atoms with Gasteiger partial charge in [-0.15, -0.1) is 0 Å². The first-order valence-electron chi connectivity index (χ1n) is 10.7. The maximum atomic E-state index is 10.4. The van der Waals surface area contributed by atoms with Crippen LogP contribution >= 0.6 is 0 Å². The number of ether oxygens (including phenoxy) is 4. The quantitative estimate of drug-likeness (QED) is 0.631. The van der Waals surface area contributed by atoms with Crippen LogP contribution < -0.4 is 9.47 Å². The van der Waals surface area contributed by atoms with Gasteiger partial charge in [0.15, 0.2) is 11.5 Å². The molecule has 0 aromatic heterocycles. The van der Waals surface area contributed by atoms with E-state index in [2.05, 4.69) is 15.9 Å². The molecule has 1 aromatic carbocycles. The maximum Gasteiger partial charge on any atom is 0.165 e. The zero-order chi connectivity index (χ0) is 20.5. The Kier molecular flexibility index (Phi) is 9.01. The first kappa shape index (κ1) is 22.3. The van der Waals surface area contributed by atoms with Gasteiger partial charge in [0.1, 0.15) is 12.7 Å².